The number of nitrogens with one attached hydrogen (secondary N) is 1. The third-order valence-corrected chi connectivity index (χ3v) is 5.65. The SMILES string of the molecule is CC(C)(Nc1ncc(-c2cc3sc(C(N)=O)cn3c2)cn1)c1ncccc1Cl. The Bertz CT molecular complexity index is 1130. The third-order valence-electron chi connectivity index (χ3n) is 4.29. The number of fused-ring (bicyclic) bond motifs is 1. The van der Waals surface area contributed by atoms with E-state index in [4.69, 9.17) is 17.3 Å². The second-order valence-corrected chi connectivity index (χ2v) is 8.28. The van der Waals surface area contributed by atoms with Gasteiger partial charge >= 0.3 is 0 Å². The van der Waals surface area contributed by atoms with Gasteiger partial charge in [0.2, 0.25) is 5.95 Å². The van der Waals surface area contributed by atoms with Crippen molar-refractivity contribution in [3.8, 4) is 11.1 Å². The summed E-state index contributed by atoms with van der Waals surface area (Å²) in [5.41, 5.74) is 7.34. The molecule has 0 atom stereocenters. The fraction of sp³-hybridized carbons (Fsp3) is 0.158. The number of carbonyl (C=O) groups excluding carboxylic acids is 1. The molecule has 142 valence electrons. The van der Waals surface area contributed by atoms with E-state index in [9.17, 15) is 4.79 Å². The zero-order chi connectivity index (χ0) is 19.9. The van der Waals surface area contributed by atoms with Gasteiger partial charge in [-0.15, -0.1) is 11.3 Å². The summed E-state index contributed by atoms with van der Waals surface area (Å²) >= 11 is 7.61. The lowest BCUT2D eigenvalue weighted by Crippen LogP contribution is -2.30. The van der Waals surface area contributed by atoms with Gasteiger partial charge in [-0.3, -0.25) is 9.78 Å². The van der Waals surface area contributed by atoms with Crippen LogP contribution in [-0.2, 0) is 5.54 Å². The standard InChI is InChI=1S/C19H17ClN6OS/c1-19(2,16-13(20)4-3-5-22-16)25-18-23-7-12(8-24-18)11-6-15-26(9-11)10-14(28-15)17(21)27/h3-10H,1-2H3,(H2,21,27)(H,23,24,25). The van der Waals surface area contributed by atoms with Crippen LogP contribution >= 0.6 is 22.9 Å². The minimum atomic E-state index is -0.538. The molecule has 0 fully saturated rings. The molecule has 3 N–H and O–H groups in total. The van der Waals surface area contributed by atoms with E-state index in [0.29, 0.717) is 15.8 Å². The number of halogens is 1. The first kappa shape index (κ1) is 18.4. The minimum absolute atomic E-state index is 0.426. The summed E-state index contributed by atoms with van der Waals surface area (Å²) in [6, 6.07) is 5.57. The van der Waals surface area contributed by atoms with Gasteiger partial charge in [-0.05, 0) is 32.0 Å². The highest BCUT2D eigenvalue weighted by Gasteiger charge is 2.25. The van der Waals surface area contributed by atoms with Crippen LogP contribution in [0.1, 0.15) is 29.2 Å². The lowest BCUT2D eigenvalue weighted by atomic mass is 10.00. The number of rotatable bonds is 5. The van der Waals surface area contributed by atoms with E-state index in [2.05, 4.69) is 20.3 Å². The van der Waals surface area contributed by atoms with Crippen molar-refractivity contribution in [3.63, 3.8) is 0 Å². The molecule has 4 aromatic heterocycles. The van der Waals surface area contributed by atoms with Crippen LogP contribution in [0, 0.1) is 0 Å². The Hall–Kier alpha value is -2.97. The summed E-state index contributed by atoms with van der Waals surface area (Å²) in [4.78, 5) is 25.9. The van der Waals surface area contributed by atoms with Gasteiger partial charge in [0.25, 0.3) is 5.91 Å². The Kier molecular flexibility index (Phi) is 4.52. The van der Waals surface area contributed by atoms with E-state index < -0.39 is 11.4 Å². The van der Waals surface area contributed by atoms with Gasteiger partial charge in [-0.1, -0.05) is 11.6 Å². The van der Waals surface area contributed by atoms with E-state index in [0.717, 1.165) is 21.7 Å². The number of nitrogens with two attached hydrogens (primary N) is 1. The van der Waals surface area contributed by atoms with Crippen LogP contribution in [0.15, 0.2) is 49.2 Å². The van der Waals surface area contributed by atoms with E-state index in [1.54, 1.807) is 36.9 Å². The summed E-state index contributed by atoms with van der Waals surface area (Å²) in [5, 5.41) is 3.86. The number of aromatic nitrogens is 4. The molecule has 0 aromatic carbocycles. The molecule has 28 heavy (non-hydrogen) atoms. The summed E-state index contributed by atoms with van der Waals surface area (Å²) in [7, 11) is 0. The highest BCUT2D eigenvalue weighted by molar-refractivity contribution is 7.19. The maximum atomic E-state index is 11.3. The van der Waals surface area contributed by atoms with Gasteiger partial charge in [0.1, 0.15) is 9.71 Å². The fourth-order valence-corrected chi connectivity index (χ4v) is 4.15. The summed E-state index contributed by atoms with van der Waals surface area (Å²) < 4.78 is 1.87. The average Bonchev–Trinajstić information content (AvgIpc) is 3.21. The van der Waals surface area contributed by atoms with E-state index in [1.807, 2.05) is 30.5 Å². The van der Waals surface area contributed by atoms with Crippen molar-refractivity contribution in [3.05, 3.63) is 64.8 Å². The molecule has 1 amide bonds. The average molecular weight is 413 g/mol. The van der Waals surface area contributed by atoms with E-state index in [1.165, 1.54) is 11.3 Å². The Morgan fingerprint density at radius 3 is 2.61 bits per heavy atom. The molecule has 9 heteroatoms. The first-order chi connectivity index (χ1) is 13.3. The number of hydrogen-bond acceptors (Lipinski definition) is 6. The van der Waals surface area contributed by atoms with Gasteiger partial charge in [0.05, 0.1) is 16.3 Å². The van der Waals surface area contributed by atoms with Crippen LogP contribution in [0.5, 0.6) is 0 Å². The summed E-state index contributed by atoms with van der Waals surface area (Å²) in [6.07, 6.45) is 8.85. The Morgan fingerprint density at radius 2 is 1.96 bits per heavy atom. The largest absolute Gasteiger partial charge is 0.365 e. The van der Waals surface area contributed by atoms with Crippen LogP contribution in [0.3, 0.4) is 0 Å². The lowest BCUT2D eigenvalue weighted by molar-refractivity contribution is 0.100. The monoisotopic (exact) mass is 412 g/mol. The van der Waals surface area contributed by atoms with Crippen LogP contribution in [0.2, 0.25) is 5.02 Å². The molecule has 4 rings (SSSR count). The topological polar surface area (TPSA) is 98.2 Å². The molecule has 0 unspecified atom stereocenters. The fourth-order valence-electron chi connectivity index (χ4n) is 2.90. The van der Waals surface area contributed by atoms with E-state index in [-0.39, 0.29) is 0 Å². The Labute approximate surface area is 170 Å². The molecule has 0 bridgehead atoms. The number of thiazole rings is 1. The highest BCUT2D eigenvalue weighted by atomic mass is 35.5. The highest BCUT2D eigenvalue weighted by Crippen LogP contribution is 2.29. The van der Waals surface area contributed by atoms with Crippen molar-refractivity contribution in [1.29, 1.82) is 0 Å². The van der Waals surface area contributed by atoms with Crippen molar-refractivity contribution < 1.29 is 4.79 Å². The lowest BCUT2D eigenvalue weighted by Gasteiger charge is -2.26. The molecular weight excluding hydrogens is 396 g/mol. The molecule has 0 aliphatic rings. The van der Waals surface area contributed by atoms with Crippen LogP contribution < -0.4 is 11.1 Å². The Morgan fingerprint density at radius 1 is 1.21 bits per heavy atom. The number of amides is 1. The molecular formula is C19H17ClN6OS. The smallest absolute Gasteiger partial charge is 0.260 e. The van der Waals surface area contributed by atoms with Crippen LogP contribution in [0.4, 0.5) is 5.95 Å². The zero-order valence-electron chi connectivity index (χ0n) is 15.2. The van der Waals surface area contributed by atoms with Crippen molar-refractivity contribution in [2.75, 3.05) is 5.32 Å². The van der Waals surface area contributed by atoms with Crippen molar-refractivity contribution >= 4 is 39.6 Å². The summed E-state index contributed by atoms with van der Waals surface area (Å²) in [6.45, 7) is 3.94. The van der Waals surface area contributed by atoms with Crippen LogP contribution in [-0.4, -0.2) is 25.3 Å². The van der Waals surface area contributed by atoms with Crippen molar-refractivity contribution in [1.82, 2.24) is 19.4 Å². The molecule has 0 spiro atoms. The van der Waals surface area contributed by atoms with Gasteiger partial charge in [0, 0.05) is 42.1 Å². The predicted molar refractivity (Wildman–Crippen MR) is 111 cm³/mol. The minimum Gasteiger partial charge on any atom is -0.365 e. The molecule has 0 radical (unpaired) electrons. The van der Waals surface area contributed by atoms with Crippen LogP contribution in [0.25, 0.3) is 16.0 Å². The molecule has 0 aliphatic heterocycles. The first-order valence-electron chi connectivity index (χ1n) is 8.46. The Balaban J connectivity index is 1.56. The quantitative estimate of drug-likeness (QED) is 0.517. The zero-order valence-corrected chi connectivity index (χ0v) is 16.8. The first-order valence-corrected chi connectivity index (χ1v) is 9.66. The normalized spacial score (nSPS) is 11.7. The van der Waals surface area contributed by atoms with Gasteiger partial charge < -0.3 is 15.5 Å². The molecule has 0 aliphatic carbocycles. The molecule has 4 heterocycles. The maximum Gasteiger partial charge on any atom is 0.260 e. The number of pyridine rings is 1. The van der Waals surface area contributed by atoms with Crippen molar-refractivity contribution in [2.45, 2.75) is 19.4 Å². The molecule has 7 nitrogen and oxygen atoms in total. The predicted octanol–water partition coefficient (Wildman–Crippen LogP) is 3.95. The second-order valence-electron chi connectivity index (χ2n) is 6.81. The van der Waals surface area contributed by atoms with Gasteiger partial charge in [0.15, 0.2) is 0 Å². The van der Waals surface area contributed by atoms with Crippen molar-refractivity contribution in [2.24, 2.45) is 5.73 Å². The number of nitrogens with zero attached hydrogens (tertiary/aromatic N) is 4. The molecule has 4 aromatic rings. The summed E-state index contributed by atoms with van der Waals surface area (Å²) in [5.74, 6) is 0.0529. The van der Waals surface area contributed by atoms with Gasteiger partial charge in [-0.2, -0.15) is 0 Å². The molecule has 0 saturated carbocycles. The maximum absolute atomic E-state index is 11.3. The third kappa shape index (κ3) is 3.44. The van der Waals surface area contributed by atoms with E-state index >= 15 is 0 Å². The number of primary amides is 1. The number of anilines is 1. The number of carbonyl (C=O) groups is 1. The molecule has 0 saturated heterocycles. The van der Waals surface area contributed by atoms with Gasteiger partial charge in [-0.25, -0.2) is 9.97 Å². The second kappa shape index (κ2) is 6.88. The number of hydrogen-bond donors (Lipinski definition) is 2.